The zero-order chi connectivity index (χ0) is 8.93. The van der Waals surface area contributed by atoms with Crippen LogP contribution in [0.25, 0.3) is 0 Å². The smallest absolute Gasteiger partial charge is 0.00122 e. The van der Waals surface area contributed by atoms with Crippen molar-refractivity contribution in [2.45, 2.75) is 12.8 Å². The van der Waals surface area contributed by atoms with Crippen LogP contribution in [0.1, 0.15) is 12.8 Å². The van der Waals surface area contributed by atoms with Gasteiger partial charge >= 0.3 is 0 Å². The third-order valence-corrected chi connectivity index (χ3v) is 5.38. The number of hydrogen-bond acceptors (Lipinski definition) is 3. The average Bonchev–Trinajstić information content (AvgIpc) is 2.75. The Kier molecular flexibility index (Phi) is 4.32. The van der Waals surface area contributed by atoms with E-state index in [1.54, 1.807) is 0 Å². The summed E-state index contributed by atoms with van der Waals surface area (Å²) in [5.41, 5.74) is 0. The first-order valence-corrected chi connectivity index (χ1v) is 7.62. The van der Waals surface area contributed by atoms with Gasteiger partial charge in [-0.05, 0) is 60.8 Å². The van der Waals surface area contributed by atoms with Crippen molar-refractivity contribution in [3.63, 3.8) is 0 Å². The highest BCUT2D eigenvalue weighted by Crippen LogP contribution is 2.24. The molecule has 0 aromatic carbocycles. The Hall–Kier alpha value is 0.660. The monoisotopic (exact) mass is 217 g/mol. The fourth-order valence-corrected chi connectivity index (χ4v) is 4.55. The van der Waals surface area contributed by atoms with Crippen LogP contribution >= 0.6 is 23.5 Å². The lowest BCUT2D eigenvalue weighted by molar-refractivity contribution is 0.468. The molecule has 2 aliphatic heterocycles. The third-order valence-electron chi connectivity index (χ3n) is 2.91. The maximum Gasteiger partial charge on any atom is -0.00122 e. The summed E-state index contributed by atoms with van der Waals surface area (Å²) in [6.07, 6.45) is 2.88. The number of thioether (sulfide) groups is 2. The normalized spacial score (nSPS) is 34.2. The summed E-state index contributed by atoms with van der Waals surface area (Å²) >= 11 is 4.24. The van der Waals surface area contributed by atoms with Crippen LogP contribution in [0.2, 0.25) is 0 Å². The molecule has 0 aromatic heterocycles. The molecule has 0 spiro atoms. The molecule has 2 unspecified atom stereocenters. The predicted octanol–water partition coefficient (Wildman–Crippen LogP) is 2.08. The molecule has 2 heterocycles. The molecule has 1 nitrogen and oxygen atoms in total. The fraction of sp³-hybridized carbons (Fsp3) is 1.00. The summed E-state index contributed by atoms with van der Waals surface area (Å²) < 4.78 is 0. The number of rotatable bonds is 4. The van der Waals surface area contributed by atoms with Crippen LogP contribution in [0.4, 0.5) is 0 Å². The second-order valence-electron chi connectivity index (χ2n) is 4.12. The third kappa shape index (κ3) is 3.37. The van der Waals surface area contributed by atoms with Gasteiger partial charge < -0.3 is 5.32 Å². The van der Waals surface area contributed by atoms with Gasteiger partial charge in [0.15, 0.2) is 0 Å². The Morgan fingerprint density at radius 3 is 1.85 bits per heavy atom. The zero-order valence-electron chi connectivity index (χ0n) is 8.13. The molecular formula is C10H19NS2. The van der Waals surface area contributed by atoms with Gasteiger partial charge in [0.1, 0.15) is 0 Å². The molecule has 2 saturated heterocycles. The van der Waals surface area contributed by atoms with Crippen LogP contribution in [0, 0.1) is 11.8 Å². The molecule has 0 aromatic rings. The van der Waals surface area contributed by atoms with E-state index in [2.05, 4.69) is 28.8 Å². The van der Waals surface area contributed by atoms with E-state index in [9.17, 15) is 0 Å². The minimum atomic E-state index is 0.971. The molecule has 2 atom stereocenters. The molecule has 2 fully saturated rings. The van der Waals surface area contributed by atoms with Gasteiger partial charge in [0, 0.05) is 0 Å². The Balaban J connectivity index is 1.52. The van der Waals surface area contributed by atoms with Gasteiger partial charge in [-0.1, -0.05) is 0 Å². The maximum atomic E-state index is 3.64. The molecule has 1 N–H and O–H groups in total. The van der Waals surface area contributed by atoms with E-state index < -0.39 is 0 Å². The van der Waals surface area contributed by atoms with Crippen molar-refractivity contribution in [1.82, 2.24) is 5.32 Å². The molecule has 0 radical (unpaired) electrons. The zero-order valence-corrected chi connectivity index (χ0v) is 9.76. The Bertz CT molecular complexity index is 124. The van der Waals surface area contributed by atoms with Crippen molar-refractivity contribution in [3.05, 3.63) is 0 Å². The summed E-state index contributed by atoms with van der Waals surface area (Å²) in [6, 6.07) is 0. The first-order chi connectivity index (χ1) is 6.45. The number of nitrogens with one attached hydrogen (secondary N) is 1. The van der Waals surface area contributed by atoms with Crippen molar-refractivity contribution >= 4 is 23.5 Å². The molecule has 13 heavy (non-hydrogen) atoms. The first kappa shape index (κ1) is 10.2. The topological polar surface area (TPSA) is 12.0 Å². The van der Waals surface area contributed by atoms with Crippen LogP contribution in [0.15, 0.2) is 0 Å². The summed E-state index contributed by atoms with van der Waals surface area (Å²) in [5.74, 6) is 7.52. The molecule has 3 heteroatoms. The first-order valence-electron chi connectivity index (χ1n) is 5.31. The van der Waals surface area contributed by atoms with E-state index >= 15 is 0 Å². The molecule has 2 rings (SSSR count). The van der Waals surface area contributed by atoms with E-state index in [0.717, 1.165) is 11.8 Å². The molecule has 76 valence electrons. The van der Waals surface area contributed by atoms with Crippen LogP contribution in [-0.4, -0.2) is 36.1 Å². The summed E-state index contributed by atoms with van der Waals surface area (Å²) in [6.45, 7) is 2.54. The highest BCUT2D eigenvalue weighted by molar-refractivity contribution is 7.99. The number of hydrogen-bond donors (Lipinski definition) is 1. The van der Waals surface area contributed by atoms with Gasteiger partial charge in [-0.3, -0.25) is 0 Å². The van der Waals surface area contributed by atoms with Crippen molar-refractivity contribution in [1.29, 1.82) is 0 Å². The standard InChI is InChI=1S/C10H19NS2/c1-3-12-7-9(1)5-11-6-10-2-4-13-8-10/h9-11H,1-8H2. The Morgan fingerprint density at radius 2 is 1.46 bits per heavy atom. The highest BCUT2D eigenvalue weighted by Gasteiger charge is 2.17. The van der Waals surface area contributed by atoms with E-state index in [0.29, 0.717) is 0 Å². The minimum Gasteiger partial charge on any atom is -0.316 e. The van der Waals surface area contributed by atoms with E-state index in [4.69, 9.17) is 0 Å². The summed E-state index contributed by atoms with van der Waals surface area (Å²) in [5, 5.41) is 3.64. The highest BCUT2D eigenvalue weighted by atomic mass is 32.2. The predicted molar refractivity (Wildman–Crippen MR) is 63.7 cm³/mol. The molecule has 0 amide bonds. The lowest BCUT2D eigenvalue weighted by atomic mass is 10.1. The molecule has 0 aliphatic carbocycles. The van der Waals surface area contributed by atoms with Gasteiger partial charge in [0.05, 0.1) is 0 Å². The van der Waals surface area contributed by atoms with Crippen LogP contribution in [0.5, 0.6) is 0 Å². The summed E-state index contributed by atoms with van der Waals surface area (Å²) in [4.78, 5) is 0. The van der Waals surface area contributed by atoms with Gasteiger partial charge in [-0.15, -0.1) is 0 Å². The largest absolute Gasteiger partial charge is 0.316 e. The lowest BCUT2D eigenvalue weighted by Crippen LogP contribution is -2.28. The lowest BCUT2D eigenvalue weighted by Gasteiger charge is -2.12. The van der Waals surface area contributed by atoms with Crippen molar-refractivity contribution in [2.24, 2.45) is 11.8 Å². The summed E-state index contributed by atoms with van der Waals surface area (Å²) in [7, 11) is 0. The van der Waals surface area contributed by atoms with Crippen LogP contribution in [-0.2, 0) is 0 Å². The van der Waals surface area contributed by atoms with Crippen molar-refractivity contribution in [3.8, 4) is 0 Å². The van der Waals surface area contributed by atoms with Gasteiger partial charge in [-0.25, -0.2) is 0 Å². The fourth-order valence-electron chi connectivity index (χ4n) is 1.98. The molecule has 2 aliphatic rings. The van der Waals surface area contributed by atoms with Crippen molar-refractivity contribution in [2.75, 3.05) is 36.1 Å². The maximum absolute atomic E-state index is 3.64. The van der Waals surface area contributed by atoms with Gasteiger partial charge in [-0.2, -0.15) is 23.5 Å². The van der Waals surface area contributed by atoms with Crippen LogP contribution < -0.4 is 5.32 Å². The van der Waals surface area contributed by atoms with Crippen LogP contribution in [0.3, 0.4) is 0 Å². The molecule has 0 bridgehead atoms. The second kappa shape index (κ2) is 5.52. The van der Waals surface area contributed by atoms with Crippen molar-refractivity contribution < 1.29 is 0 Å². The van der Waals surface area contributed by atoms with E-state index in [1.807, 2.05) is 0 Å². The molecular weight excluding hydrogens is 198 g/mol. The van der Waals surface area contributed by atoms with Gasteiger partial charge in [0.25, 0.3) is 0 Å². The quantitative estimate of drug-likeness (QED) is 0.774. The second-order valence-corrected chi connectivity index (χ2v) is 6.42. The minimum absolute atomic E-state index is 0.971. The molecule has 0 saturated carbocycles. The van der Waals surface area contributed by atoms with E-state index in [1.165, 1.54) is 48.9 Å². The van der Waals surface area contributed by atoms with Gasteiger partial charge in [0.2, 0.25) is 0 Å². The SMILES string of the molecule is C1CC(CNCC2CCSC2)CS1. The Labute approximate surface area is 89.8 Å². The Morgan fingerprint density at radius 1 is 0.923 bits per heavy atom. The van der Waals surface area contributed by atoms with E-state index in [-0.39, 0.29) is 0 Å². The average molecular weight is 217 g/mol.